The largest absolute Gasteiger partial charge is 0.443 e. The lowest BCUT2D eigenvalue weighted by Gasteiger charge is -2.25. The van der Waals surface area contributed by atoms with Gasteiger partial charge in [0.25, 0.3) is 5.91 Å². The van der Waals surface area contributed by atoms with Crippen LogP contribution in [0, 0.1) is 0 Å². The second-order valence-corrected chi connectivity index (χ2v) is 15.8. The summed E-state index contributed by atoms with van der Waals surface area (Å²) in [5.74, 6) is -0.381. The van der Waals surface area contributed by atoms with Crippen molar-refractivity contribution in [1.82, 2.24) is 4.90 Å². The van der Waals surface area contributed by atoms with Gasteiger partial charge in [-0.3, -0.25) is 4.79 Å². The molecule has 37 heavy (non-hydrogen) atoms. The van der Waals surface area contributed by atoms with E-state index in [4.69, 9.17) is 9.16 Å². The summed E-state index contributed by atoms with van der Waals surface area (Å²) in [4.78, 5) is 26.5. The molecule has 0 aromatic heterocycles. The van der Waals surface area contributed by atoms with Gasteiger partial charge in [-0.1, -0.05) is 60.3 Å². The van der Waals surface area contributed by atoms with Crippen LogP contribution in [0.3, 0.4) is 0 Å². The van der Waals surface area contributed by atoms with E-state index in [9.17, 15) is 9.59 Å². The van der Waals surface area contributed by atoms with Gasteiger partial charge in [0, 0.05) is 12.6 Å². The topological polar surface area (TPSA) is 55.8 Å². The number of rotatable bonds is 16. The zero-order valence-electron chi connectivity index (χ0n) is 24.6. The van der Waals surface area contributed by atoms with E-state index in [0.717, 1.165) is 32.1 Å². The molecule has 0 saturated heterocycles. The van der Waals surface area contributed by atoms with E-state index in [-0.39, 0.29) is 12.0 Å². The van der Waals surface area contributed by atoms with Crippen LogP contribution >= 0.6 is 0 Å². The van der Waals surface area contributed by atoms with Gasteiger partial charge in [-0.05, 0) is 92.8 Å². The van der Waals surface area contributed by atoms with Crippen molar-refractivity contribution < 1.29 is 18.8 Å². The third-order valence-corrected chi connectivity index (χ3v) is 6.05. The smallest absolute Gasteiger partial charge is 0.417 e. The van der Waals surface area contributed by atoms with Crippen molar-refractivity contribution in [2.75, 3.05) is 6.54 Å². The summed E-state index contributed by atoms with van der Waals surface area (Å²) in [5, 5.41) is 0. The van der Waals surface area contributed by atoms with Gasteiger partial charge < -0.3 is 9.16 Å². The molecule has 0 aromatic rings. The van der Waals surface area contributed by atoms with E-state index in [1.165, 1.54) is 22.1 Å². The molecule has 208 valence electrons. The Balaban J connectivity index is 5.23. The van der Waals surface area contributed by atoms with Crippen molar-refractivity contribution in [2.24, 2.45) is 0 Å². The van der Waals surface area contributed by atoms with Crippen LogP contribution in [0.1, 0.15) is 73.1 Å². The van der Waals surface area contributed by atoms with E-state index < -0.39 is 20.0 Å². The van der Waals surface area contributed by atoms with Crippen molar-refractivity contribution in [1.29, 1.82) is 0 Å². The van der Waals surface area contributed by atoms with Crippen molar-refractivity contribution in [3.05, 3.63) is 72.9 Å². The first-order chi connectivity index (χ1) is 17.2. The van der Waals surface area contributed by atoms with Gasteiger partial charge in [-0.25, -0.2) is 9.69 Å². The van der Waals surface area contributed by atoms with Crippen LogP contribution in [-0.4, -0.2) is 43.5 Å². The van der Waals surface area contributed by atoms with Crippen molar-refractivity contribution >= 4 is 20.3 Å². The Morgan fingerprint density at radius 2 is 1.68 bits per heavy atom. The zero-order valence-corrected chi connectivity index (χ0v) is 25.6. The zero-order chi connectivity index (χ0) is 28.5. The molecule has 0 heterocycles. The van der Waals surface area contributed by atoms with E-state index >= 15 is 0 Å². The van der Waals surface area contributed by atoms with Crippen LogP contribution in [0.25, 0.3) is 0 Å². The Morgan fingerprint density at radius 1 is 1.00 bits per heavy atom. The van der Waals surface area contributed by atoms with Crippen LogP contribution < -0.4 is 0 Å². The molecule has 2 amide bonds. The van der Waals surface area contributed by atoms with Gasteiger partial charge in [-0.15, -0.1) is 6.58 Å². The Bertz CT molecular complexity index is 853. The van der Waals surface area contributed by atoms with E-state index in [1.807, 2.05) is 30.4 Å². The molecule has 0 aliphatic rings. The number of hydrogen-bond donors (Lipinski definition) is 0. The third kappa shape index (κ3) is 19.4. The van der Waals surface area contributed by atoms with E-state index in [1.54, 1.807) is 26.8 Å². The van der Waals surface area contributed by atoms with Crippen LogP contribution in [0.4, 0.5) is 4.79 Å². The number of carbonyl (C=O) groups excluding carboxylic acids is 2. The maximum atomic E-state index is 12.8. The molecule has 0 radical (unpaired) electrons. The van der Waals surface area contributed by atoms with Crippen molar-refractivity contribution in [3.63, 3.8) is 0 Å². The lowest BCUT2D eigenvalue weighted by atomic mass is 10.0. The molecule has 0 spiro atoms. The first-order valence-electron chi connectivity index (χ1n) is 13.3. The number of imide groups is 1. The standard InChI is InChI=1S/C31H51NO4Si/c1-11-13-14-18-24-32(30(34)35-31(5,6)7)29(33)21-17-15-16-20-28(36-37(8,9)10)23-22-27(4)25-26(3)19-12-2/h11-12,15-17,19,21-22,28H,1-2,13-14,18,20,23-25H2,3-10H3/b16-15+,21-17+,26-19+,27-22+/t28-/m1/s1. The number of unbranched alkanes of at least 4 members (excludes halogenated alkanes) is 2. The Hall–Kier alpha value is -2.44. The molecule has 0 aliphatic carbocycles. The van der Waals surface area contributed by atoms with Gasteiger partial charge in [0.05, 0.1) is 6.10 Å². The van der Waals surface area contributed by atoms with Crippen LogP contribution in [0.2, 0.25) is 19.6 Å². The van der Waals surface area contributed by atoms with E-state index in [0.29, 0.717) is 13.0 Å². The molecule has 0 N–H and O–H groups in total. The molecule has 0 rings (SSSR count). The maximum absolute atomic E-state index is 12.8. The fourth-order valence-corrected chi connectivity index (χ4v) is 4.69. The number of amides is 2. The SMILES string of the molecule is C=C/C=C(\C)C/C(C)=C/C[C@@H](C/C=C/C=C/C(=O)N(CCCCC=C)C(=O)OC(C)(C)C)O[Si](C)(C)C. The highest BCUT2D eigenvalue weighted by atomic mass is 28.4. The Labute approximate surface area is 227 Å². The van der Waals surface area contributed by atoms with Gasteiger partial charge in [0.1, 0.15) is 5.60 Å². The quantitative estimate of drug-likeness (QED) is 0.0659. The molecule has 0 fully saturated rings. The van der Waals surface area contributed by atoms with Gasteiger partial charge in [0.2, 0.25) is 0 Å². The predicted octanol–water partition coefficient (Wildman–Crippen LogP) is 8.69. The molecule has 5 nitrogen and oxygen atoms in total. The van der Waals surface area contributed by atoms with Crippen LogP contribution in [0.5, 0.6) is 0 Å². The van der Waals surface area contributed by atoms with Gasteiger partial charge in [0.15, 0.2) is 8.32 Å². The summed E-state index contributed by atoms with van der Waals surface area (Å²) in [6, 6.07) is 0. The highest BCUT2D eigenvalue weighted by Crippen LogP contribution is 2.18. The van der Waals surface area contributed by atoms with E-state index in [2.05, 4.69) is 52.7 Å². The molecule has 6 heteroatoms. The average Bonchev–Trinajstić information content (AvgIpc) is 2.74. The number of hydrogen-bond acceptors (Lipinski definition) is 4. The summed E-state index contributed by atoms with van der Waals surface area (Å²) < 4.78 is 11.8. The molecule has 0 aromatic carbocycles. The monoisotopic (exact) mass is 529 g/mol. The third-order valence-electron chi connectivity index (χ3n) is 5.01. The predicted molar refractivity (Wildman–Crippen MR) is 160 cm³/mol. The average molecular weight is 530 g/mol. The normalized spacial score (nSPS) is 14.2. The minimum Gasteiger partial charge on any atom is -0.443 e. The fourth-order valence-electron chi connectivity index (χ4n) is 3.50. The lowest BCUT2D eigenvalue weighted by molar-refractivity contribution is -0.125. The number of ether oxygens (including phenoxy) is 1. The fraction of sp³-hybridized carbons (Fsp3) is 0.548. The number of nitrogens with zero attached hydrogens (tertiary/aromatic N) is 1. The second-order valence-electron chi connectivity index (χ2n) is 11.3. The number of carbonyl (C=O) groups is 2. The Morgan fingerprint density at radius 3 is 2.24 bits per heavy atom. The second kappa shape index (κ2) is 17.9. The van der Waals surface area contributed by atoms with Gasteiger partial charge >= 0.3 is 6.09 Å². The van der Waals surface area contributed by atoms with Crippen molar-refractivity contribution in [2.45, 2.75) is 104 Å². The molecule has 0 aliphatic heterocycles. The summed E-state index contributed by atoms with van der Waals surface area (Å²) in [5.41, 5.74) is 1.92. The molecular weight excluding hydrogens is 478 g/mol. The molecular formula is C31H51NO4Si. The van der Waals surface area contributed by atoms with Crippen molar-refractivity contribution in [3.8, 4) is 0 Å². The first kappa shape index (κ1) is 34.6. The summed E-state index contributed by atoms with van der Waals surface area (Å²) >= 11 is 0. The highest BCUT2D eigenvalue weighted by Gasteiger charge is 2.25. The minimum atomic E-state index is -1.71. The lowest BCUT2D eigenvalue weighted by Crippen LogP contribution is -2.40. The molecule has 1 atom stereocenters. The first-order valence-corrected chi connectivity index (χ1v) is 16.7. The molecule has 0 saturated carbocycles. The maximum Gasteiger partial charge on any atom is 0.417 e. The summed E-state index contributed by atoms with van der Waals surface area (Å²) in [7, 11) is -1.71. The number of allylic oxidation sites excluding steroid dienone is 7. The van der Waals surface area contributed by atoms with Gasteiger partial charge in [-0.2, -0.15) is 0 Å². The highest BCUT2D eigenvalue weighted by molar-refractivity contribution is 6.69. The molecule has 0 bridgehead atoms. The van der Waals surface area contributed by atoms with Crippen LogP contribution in [0.15, 0.2) is 72.9 Å². The van der Waals surface area contributed by atoms with Crippen LogP contribution in [-0.2, 0) is 14.0 Å². The summed E-state index contributed by atoms with van der Waals surface area (Å²) in [6.45, 7) is 24.0. The molecule has 0 unspecified atom stereocenters. The minimum absolute atomic E-state index is 0.0776. The Kier molecular flexibility index (Phi) is 16.7. The summed E-state index contributed by atoms with van der Waals surface area (Å²) in [6.07, 6.45) is 19.3.